The Morgan fingerprint density at radius 1 is 1.04 bits per heavy atom. The van der Waals surface area contributed by atoms with Crippen LogP contribution in [0, 0.1) is 6.92 Å². The Hall–Kier alpha value is -2.70. The molecule has 0 N–H and O–H groups in total. The third-order valence-electron chi connectivity index (χ3n) is 5.06. The zero-order valence-corrected chi connectivity index (χ0v) is 15.7. The standard InChI is InChI=1S/C19H25N7/c1-4-17-22-18-15(13-21-24(18)3)19(23-17)26-9-5-8-25(10-11-26)16-6-7-20-12-14(16)2/h6-7,12-13H,4-5,8-11H2,1-3H3. The second-order valence-electron chi connectivity index (χ2n) is 6.81. The van der Waals surface area contributed by atoms with Gasteiger partial charge < -0.3 is 9.80 Å². The van der Waals surface area contributed by atoms with Crippen molar-refractivity contribution in [3.05, 3.63) is 36.0 Å². The Kier molecular flexibility index (Phi) is 4.44. The summed E-state index contributed by atoms with van der Waals surface area (Å²) < 4.78 is 1.84. The van der Waals surface area contributed by atoms with Crippen LogP contribution < -0.4 is 9.80 Å². The van der Waals surface area contributed by atoms with E-state index in [4.69, 9.17) is 4.98 Å². The largest absolute Gasteiger partial charge is 0.369 e. The van der Waals surface area contributed by atoms with E-state index in [2.05, 4.69) is 44.8 Å². The molecule has 0 bridgehead atoms. The monoisotopic (exact) mass is 351 g/mol. The van der Waals surface area contributed by atoms with Gasteiger partial charge in [-0.25, -0.2) is 9.97 Å². The fourth-order valence-corrected chi connectivity index (χ4v) is 3.64. The molecule has 4 rings (SSSR count). The molecule has 0 radical (unpaired) electrons. The van der Waals surface area contributed by atoms with Crippen LogP contribution in [0.4, 0.5) is 11.5 Å². The first-order valence-electron chi connectivity index (χ1n) is 9.26. The highest BCUT2D eigenvalue weighted by Crippen LogP contribution is 2.26. The Labute approximate surface area is 153 Å². The van der Waals surface area contributed by atoms with E-state index in [1.165, 1.54) is 11.3 Å². The minimum Gasteiger partial charge on any atom is -0.369 e. The lowest BCUT2D eigenvalue weighted by molar-refractivity contribution is 0.773. The molecular weight excluding hydrogens is 326 g/mol. The van der Waals surface area contributed by atoms with Crippen molar-refractivity contribution in [2.45, 2.75) is 26.7 Å². The lowest BCUT2D eigenvalue weighted by Crippen LogP contribution is -2.31. The molecule has 1 aliphatic rings. The van der Waals surface area contributed by atoms with E-state index in [0.29, 0.717) is 0 Å². The van der Waals surface area contributed by atoms with Crippen LogP contribution in [0.2, 0.25) is 0 Å². The van der Waals surface area contributed by atoms with Gasteiger partial charge >= 0.3 is 0 Å². The van der Waals surface area contributed by atoms with Crippen LogP contribution in [-0.2, 0) is 13.5 Å². The molecule has 3 aromatic rings. The molecule has 0 saturated carbocycles. The fraction of sp³-hybridized carbons (Fsp3) is 0.474. The summed E-state index contributed by atoms with van der Waals surface area (Å²) in [6.07, 6.45) is 7.62. The second-order valence-corrected chi connectivity index (χ2v) is 6.81. The van der Waals surface area contributed by atoms with Gasteiger partial charge in [-0.3, -0.25) is 9.67 Å². The Morgan fingerprint density at radius 3 is 2.65 bits per heavy atom. The molecular formula is C19H25N7. The molecule has 7 heteroatoms. The minimum atomic E-state index is 0.824. The highest BCUT2D eigenvalue weighted by Gasteiger charge is 2.21. The van der Waals surface area contributed by atoms with Crippen LogP contribution in [0.15, 0.2) is 24.7 Å². The first-order chi connectivity index (χ1) is 12.7. The Morgan fingerprint density at radius 2 is 1.85 bits per heavy atom. The molecule has 1 aliphatic heterocycles. The van der Waals surface area contributed by atoms with Crippen molar-refractivity contribution in [3.63, 3.8) is 0 Å². The van der Waals surface area contributed by atoms with Gasteiger partial charge in [0, 0.05) is 57.7 Å². The van der Waals surface area contributed by atoms with Gasteiger partial charge in [-0.2, -0.15) is 5.10 Å². The predicted octanol–water partition coefficient (Wildman–Crippen LogP) is 2.35. The molecule has 136 valence electrons. The summed E-state index contributed by atoms with van der Waals surface area (Å²) in [5.74, 6) is 1.90. The Bertz CT molecular complexity index is 917. The molecule has 0 atom stereocenters. The molecule has 0 aliphatic carbocycles. The molecule has 0 spiro atoms. The summed E-state index contributed by atoms with van der Waals surface area (Å²) in [7, 11) is 1.94. The number of aromatic nitrogens is 5. The van der Waals surface area contributed by atoms with Crippen molar-refractivity contribution in [1.82, 2.24) is 24.7 Å². The van der Waals surface area contributed by atoms with Gasteiger partial charge in [0.2, 0.25) is 0 Å². The van der Waals surface area contributed by atoms with Gasteiger partial charge in [-0.1, -0.05) is 6.92 Å². The van der Waals surface area contributed by atoms with E-state index in [-0.39, 0.29) is 0 Å². The number of nitrogens with zero attached hydrogens (tertiary/aromatic N) is 7. The van der Waals surface area contributed by atoms with Gasteiger partial charge in [0.05, 0.1) is 11.6 Å². The van der Waals surface area contributed by atoms with Crippen molar-refractivity contribution in [3.8, 4) is 0 Å². The van der Waals surface area contributed by atoms with Crippen molar-refractivity contribution in [1.29, 1.82) is 0 Å². The van der Waals surface area contributed by atoms with E-state index < -0.39 is 0 Å². The van der Waals surface area contributed by atoms with Crippen molar-refractivity contribution in [2.24, 2.45) is 7.05 Å². The molecule has 0 amide bonds. The molecule has 0 unspecified atom stereocenters. The maximum atomic E-state index is 4.85. The average Bonchev–Trinajstić information content (AvgIpc) is 2.88. The number of hydrogen-bond donors (Lipinski definition) is 0. The van der Waals surface area contributed by atoms with Crippen LogP contribution in [-0.4, -0.2) is 50.9 Å². The molecule has 1 fully saturated rings. The van der Waals surface area contributed by atoms with Crippen molar-refractivity contribution in [2.75, 3.05) is 36.0 Å². The summed E-state index contributed by atoms with van der Waals surface area (Å²) >= 11 is 0. The summed E-state index contributed by atoms with van der Waals surface area (Å²) in [6.45, 7) is 8.16. The van der Waals surface area contributed by atoms with Crippen LogP contribution in [0.1, 0.15) is 24.7 Å². The van der Waals surface area contributed by atoms with Gasteiger partial charge in [-0.15, -0.1) is 0 Å². The number of aryl methyl sites for hydroxylation is 3. The van der Waals surface area contributed by atoms with Gasteiger partial charge in [0.15, 0.2) is 5.65 Å². The fourth-order valence-electron chi connectivity index (χ4n) is 3.64. The van der Waals surface area contributed by atoms with Crippen molar-refractivity contribution >= 4 is 22.5 Å². The summed E-state index contributed by atoms with van der Waals surface area (Å²) in [5, 5.41) is 5.43. The summed E-state index contributed by atoms with van der Waals surface area (Å²) in [5.41, 5.74) is 3.43. The van der Waals surface area contributed by atoms with Gasteiger partial charge in [0.25, 0.3) is 0 Å². The van der Waals surface area contributed by atoms with Crippen LogP contribution >= 0.6 is 0 Å². The lowest BCUT2D eigenvalue weighted by atomic mass is 10.2. The first-order valence-corrected chi connectivity index (χ1v) is 9.26. The van der Waals surface area contributed by atoms with Crippen molar-refractivity contribution < 1.29 is 0 Å². The van der Waals surface area contributed by atoms with Crippen LogP contribution in [0.25, 0.3) is 11.0 Å². The van der Waals surface area contributed by atoms with Gasteiger partial charge in [-0.05, 0) is 25.0 Å². The predicted molar refractivity (Wildman–Crippen MR) is 104 cm³/mol. The van der Waals surface area contributed by atoms with Crippen LogP contribution in [0.3, 0.4) is 0 Å². The summed E-state index contributed by atoms with van der Waals surface area (Å²) in [6, 6.07) is 2.12. The molecule has 26 heavy (non-hydrogen) atoms. The quantitative estimate of drug-likeness (QED) is 0.722. The van der Waals surface area contributed by atoms with E-state index >= 15 is 0 Å². The van der Waals surface area contributed by atoms with Crippen LogP contribution in [0.5, 0.6) is 0 Å². The SMILES string of the molecule is CCc1nc(N2CCCN(c3ccncc3C)CC2)c2cnn(C)c2n1. The second kappa shape index (κ2) is 6.90. The first kappa shape index (κ1) is 16.8. The number of anilines is 2. The number of hydrogen-bond acceptors (Lipinski definition) is 6. The topological polar surface area (TPSA) is 63.0 Å². The third kappa shape index (κ3) is 2.98. The van der Waals surface area contributed by atoms with E-state index in [0.717, 1.165) is 61.7 Å². The molecule has 7 nitrogen and oxygen atoms in total. The zero-order chi connectivity index (χ0) is 18.1. The number of fused-ring (bicyclic) bond motifs is 1. The molecule has 1 saturated heterocycles. The van der Waals surface area contributed by atoms with Gasteiger partial charge in [0.1, 0.15) is 11.6 Å². The molecule has 4 heterocycles. The average molecular weight is 351 g/mol. The molecule has 3 aromatic heterocycles. The molecule has 0 aromatic carbocycles. The lowest BCUT2D eigenvalue weighted by Gasteiger charge is -2.25. The minimum absolute atomic E-state index is 0.824. The van der Waals surface area contributed by atoms with E-state index in [9.17, 15) is 0 Å². The van der Waals surface area contributed by atoms with E-state index in [1.807, 2.05) is 30.3 Å². The highest BCUT2D eigenvalue weighted by atomic mass is 15.3. The maximum absolute atomic E-state index is 4.85. The maximum Gasteiger partial charge on any atom is 0.163 e. The number of pyridine rings is 1. The highest BCUT2D eigenvalue weighted by molar-refractivity contribution is 5.87. The zero-order valence-electron chi connectivity index (χ0n) is 15.7. The Balaban J connectivity index is 1.64. The third-order valence-corrected chi connectivity index (χ3v) is 5.06. The smallest absolute Gasteiger partial charge is 0.163 e. The summed E-state index contributed by atoms with van der Waals surface area (Å²) in [4.78, 5) is 18.6. The van der Waals surface area contributed by atoms with E-state index in [1.54, 1.807) is 0 Å². The number of rotatable bonds is 3. The normalized spacial score (nSPS) is 15.5.